The number of ether oxygens (including phenoxy) is 1. The Balaban J connectivity index is 0.000000177. The third-order valence-corrected chi connectivity index (χ3v) is 5.58. The molecule has 0 aliphatic carbocycles. The maximum Gasteiger partial charge on any atom is 0.355 e. The van der Waals surface area contributed by atoms with Gasteiger partial charge < -0.3 is 19.8 Å². The molecule has 154 valence electrons. The van der Waals surface area contributed by atoms with Gasteiger partial charge in [-0.3, -0.25) is 4.79 Å². The van der Waals surface area contributed by atoms with Crippen molar-refractivity contribution in [3.8, 4) is 0 Å². The highest BCUT2D eigenvalue weighted by atomic mass is 79.9. The van der Waals surface area contributed by atoms with E-state index in [2.05, 4.69) is 41.8 Å². The van der Waals surface area contributed by atoms with E-state index in [1.165, 1.54) is 0 Å². The number of aldehydes is 1. The van der Waals surface area contributed by atoms with Gasteiger partial charge in [-0.2, -0.15) is 0 Å². The van der Waals surface area contributed by atoms with Crippen molar-refractivity contribution in [2.24, 2.45) is 0 Å². The van der Waals surface area contributed by atoms with Crippen LogP contribution in [0.5, 0.6) is 0 Å². The minimum atomic E-state index is -0.942. The molecule has 30 heavy (non-hydrogen) atoms. The molecule has 2 heterocycles. The standard InChI is InChI=1S/C12H10BrNO3.C9H6BrNO2/c1-2-17-12(16)11-8(6-15)7-4-3-5-9(13)10(7)14-11;10-6-3-1-2-5-4-7(9(12)13)11-8(5)6/h3-6,14H,2H2,1H3;1-4,11H,(H,12,13). The molecule has 0 saturated heterocycles. The van der Waals surface area contributed by atoms with Gasteiger partial charge in [0.1, 0.15) is 11.4 Å². The van der Waals surface area contributed by atoms with Crippen molar-refractivity contribution < 1.29 is 24.2 Å². The van der Waals surface area contributed by atoms with Crippen LogP contribution in [0.1, 0.15) is 38.3 Å². The molecule has 0 bridgehead atoms. The van der Waals surface area contributed by atoms with E-state index in [-0.39, 0.29) is 18.0 Å². The van der Waals surface area contributed by atoms with E-state index >= 15 is 0 Å². The molecule has 7 nitrogen and oxygen atoms in total. The Kier molecular flexibility index (Phi) is 6.73. The second kappa shape index (κ2) is 9.27. The lowest BCUT2D eigenvalue weighted by molar-refractivity contribution is 0.0518. The fourth-order valence-corrected chi connectivity index (χ4v) is 3.87. The third-order valence-electron chi connectivity index (χ3n) is 4.26. The summed E-state index contributed by atoms with van der Waals surface area (Å²) in [5.74, 6) is -1.46. The van der Waals surface area contributed by atoms with Crippen molar-refractivity contribution in [3.63, 3.8) is 0 Å². The fourth-order valence-electron chi connectivity index (χ4n) is 2.92. The molecule has 9 heteroatoms. The number of esters is 1. The van der Waals surface area contributed by atoms with E-state index in [0.29, 0.717) is 17.2 Å². The van der Waals surface area contributed by atoms with E-state index in [0.717, 1.165) is 25.4 Å². The highest BCUT2D eigenvalue weighted by molar-refractivity contribution is 9.11. The Hall–Kier alpha value is -2.91. The molecule has 0 spiro atoms. The van der Waals surface area contributed by atoms with Crippen molar-refractivity contribution in [2.75, 3.05) is 6.61 Å². The van der Waals surface area contributed by atoms with Gasteiger partial charge in [0, 0.05) is 19.7 Å². The zero-order chi connectivity index (χ0) is 21.8. The van der Waals surface area contributed by atoms with E-state index in [4.69, 9.17) is 9.84 Å². The molecule has 0 aliphatic heterocycles. The number of carboxylic acids is 1. The second-order valence-corrected chi connectivity index (χ2v) is 7.82. The molecule has 4 rings (SSSR count). The lowest BCUT2D eigenvalue weighted by Gasteiger charge is -1.98. The minimum absolute atomic E-state index is 0.198. The lowest BCUT2D eigenvalue weighted by atomic mass is 10.1. The van der Waals surface area contributed by atoms with Crippen molar-refractivity contribution >= 4 is 71.9 Å². The molecule has 0 radical (unpaired) electrons. The van der Waals surface area contributed by atoms with Crippen LogP contribution >= 0.6 is 31.9 Å². The van der Waals surface area contributed by atoms with Gasteiger partial charge in [0.15, 0.2) is 6.29 Å². The number of para-hydroxylation sites is 2. The maximum absolute atomic E-state index is 11.7. The van der Waals surface area contributed by atoms with E-state index in [1.54, 1.807) is 19.1 Å². The Morgan fingerprint density at radius 1 is 1.07 bits per heavy atom. The van der Waals surface area contributed by atoms with E-state index in [1.807, 2.05) is 30.3 Å². The SMILES string of the molecule is CCOC(=O)c1[nH]c2c(Br)cccc2c1C=O.O=C(O)c1cc2cccc(Br)c2[nH]1. The Labute approximate surface area is 187 Å². The summed E-state index contributed by atoms with van der Waals surface area (Å²) in [5, 5.41) is 10.3. The largest absolute Gasteiger partial charge is 0.477 e. The zero-order valence-corrected chi connectivity index (χ0v) is 18.8. The van der Waals surface area contributed by atoms with Gasteiger partial charge >= 0.3 is 11.9 Å². The Morgan fingerprint density at radius 2 is 1.73 bits per heavy atom. The number of benzene rings is 2. The molecule has 0 fully saturated rings. The van der Waals surface area contributed by atoms with E-state index < -0.39 is 11.9 Å². The summed E-state index contributed by atoms with van der Waals surface area (Å²) >= 11 is 6.70. The topological polar surface area (TPSA) is 112 Å². The molecule has 0 aliphatic rings. The van der Waals surface area contributed by atoms with Crippen molar-refractivity contribution in [3.05, 3.63) is 68.4 Å². The normalized spacial score (nSPS) is 10.5. The van der Waals surface area contributed by atoms with Gasteiger partial charge in [-0.25, -0.2) is 9.59 Å². The molecule has 0 saturated carbocycles. The first-order valence-electron chi connectivity index (χ1n) is 8.80. The number of aromatic carboxylic acids is 1. The van der Waals surface area contributed by atoms with Crippen LogP contribution in [0, 0.1) is 0 Å². The van der Waals surface area contributed by atoms with Crippen LogP contribution in [0.3, 0.4) is 0 Å². The summed E-state index contributed by atoms with van der Waals surface area (Å²) in [6, 6.07) is 12.6. The highest BCUT2D eigenvalue weighted by Crippen LogP contribution is 2.28. The van der Waals surface area contributed by atoms with Crippen molar-refractivity contribution in [2.45, 2.75) is 6.92 Å². The quantitative estimate of drug-likeness (QED) is 0.234. The molecule has 3 N–H and O–H groups in total. The number of carboxylic acid groups (broad SMARTS) is 1. The van der Waals surface area contributed by atoms with Crippen LogP contribution in [0.25, 0.3) is 21.8 Å². The number of H-pyrrole nitrogens is 2. The van der Waals surface area contributed by atoms with Gasteiger partial charge in [-0.15, -0.1) is 0 Å². The summed E-state index contributed by atoms with van der Waals surface area (Å²) in [5.41, 5.74) is 2.28. The molecule has 4 aromatic rings. The molecular formula is C21H16Br2N2O5. The first kappa shape index (κ1) is 21.8. The number of nitrogens with one attached hydrogen (secondary N) is 2. The number of halogens is 2. The molecule has 0 unspecified atom stereocenters. The minimum Gasteiger partial charge on any atom is -0.477 e. The third kappa shape index (κ3) is 4.31. The van der Waals surface area contributed by atoms with Crippen LogP contribution in [-0.2, 0) is 4.74 Å². The second-order valence-electron chi connectivity index (χ2n) is 6.11. The highest BCUT2D eigenvalue weighted by Gasteiger charge is 2.19. The van der Waals surface area contributed by atoms with Crippen LogP contribution in [0.2, 0.25) is 0 Å². The smallest absolute Gasteiger partial charge is 0.355 e. The first-order chi connectivity index (χ1) is 14.4. The summed E-state index contributed by atoms with van der Waals surface area (Å²) < 4.78 is 6.57. The first-order valence-corrected chi connectivity index (χ1v) is 10.4. The average Bonchev–Trinajstić information content (AvgIpc) is 3.32. The van der Waals surface area contributed by atoms with Crippen LogP contribution in [0.4, 0.5) is 0 Å². The fraction of sp³-hybridized carbons (Fsp3) is 0.0952. The number of aromatic amines is 2. The predicted octanol–water partition coefficient (Wildman–Crippen LogP) is 5.55. The Bertz CT molecular complexity index is 1260. The zero-order valence-electron chi connectivity index (χ0n) is 15.7. The predicted molar refractivity (Wildman–Crippen MR) is 120 cm³/mol. The van der Waals surface area contributed by atoms with Gasteiger partial charge in [-0.05, 0) is 57.0 Å². The molecular weight excluding hydrogens is 520 g/mol. The van der Waals surface area contributed by atoms with E-state index in [9.17, 15) is 14.4 Å². The molecule has 2 aromatic heterocycles. The maximum atomic E-state index is 11.7. The number of aromatic nitrogens is 2. The van der Waals surface area contributed by atoms with Gasteiger partial charge in [0.25, 0.3) is 0 Å². The summed E-state index contributed by atoms with van der Waals surface area (Å²) in [7, 11) is 0. The lowest BCUT2D eigenvalue weighted by Crippen LogP contribution is -2.07. The summed E-state index contributed by atoms with van der Waals surface area (Å²) in [6.07, 6.45) is 0.664. The van der Waals surface area contributed by atoms with Crippen LogP contribution < -0.4 is 0 Å². The van der Waals surface area contributed by atoms with Gasteiger partial charge in [-0.1, -0.05) is 24.3 Å². The van der Waals surface area contributed by atoms with Crippen molar-refractivity contribution in [1.29, 1.82) is 0 Å². The molecule has 0 amide bonds. The number of rotatable bonds is 4. The average molecular weight is 536 g/mol. The molecule has 0 atom stereocenters. The summed E-state index contributed by atoms with van der Waals surface area (Å²) in [6.45, 7) is 1.99. The Morgan fingerprint density at radius 3 is 2.33 bits per heavy atom. The van der Waals surface area contributed by atoms with Gasteiger partial charge in [0.2, 0.25) is 0 Å². The van der Waals surface area contributed by atoms with Gasteiger partial charge in [0.05, 0.1) is 23.2 Å². The van der Waals surface area contributed by atoms with Crippen LogP contribution in [0.15, 0.2) is 51.4 Å². The number of carbonyl (C=O) groups is 3. The number of hydrogen-bond acceptors (Lipinski definition) is 4. The number of hydrogen-bond donors (Lipinski definition) is 3. The van der Waals surface area contributed by atoms with Crippen LogP contribution in [-0.4, -0.2) is 39.9 Å². The van der Waals surface area contributed by atoms with Crippen molar-refractivity contribution in [1.82, 2.24) is 9.97 Å². The molecule has 2 aromatic carbocycles. The summed E-state index contributed by atoms with van der Waals surface area (Å²) in [4.78, 5) is 39.1. The number of fused-ring (bicyclic) bond motifs is 2. The number of carbonyl (C=O) groups excluding carboxylic acids is 2. The monoisotopic (exact) mass is 534 g/mol.